The molecule has 0 heterocycles. The standard InChI is InChI=1S/C15H24ClNO2/c1-2-3-9-17(11-12-18)10-8-15(19)13-6-4-5-7-14(13)16/h4-7,15,18-19H,2-3,8-12H2,1H3. The number of nitrogens with zero attached hydrogens (tertiary/aromatic N) is 1. The summed E-state index contributed by atoms with van der Waals surface area (Å²) in [5, 5.41) is 19.8. The van der Waals surface area contributed by atoms with Crippen molar-refractivity contribution in [3.05, 3.63) is 34.9 Å². The van der Waals surface area contributed by atoms with Crippen molar-refractivity contribution < 1.29 is 10.2 Å². The predicted molar refractivity (Wildman–Crippen MR) is 79.5 cm³/mol. The smallest absolute Gasteiger partial charge is 0.0816 e. The Balaban J connectivity index is 2.47. The number of hydrogen-bond acceptors (Lipinski definition) is 3. The van der Waals surface area contributed by atoms with Crippen LogP contribution in [-0.2, 0) is 0 Å². The third kappa shape index (κ3) is 5.91. The van der Waals surface area contributed by atoms with E-state index < -0.39 is 6.10 Å². The molecule has 1 rings (SSSR count). The van der Waals surface area contributed by atoms with Crippen LogP contribution in [0.15, 0.2) is 24.3 Å². The molecule has 4 heteroatoms. The lowest BCUT2D eigenvalue weighted by Gasteiger charge is -2.23. The van der Waals surface area contributed by atoms with E-state index in [1.54, 1.807) is 6.07 Å². The Morgan fingerprint density at radius 3 is 2.58 bits per heavy atom. The topological polar surface area (TPSA) is 43.7 Å². The number of aliphatic hydroxyl groups excluding tert-OH is 2. The molecule has 1 aromatic carbocycles. The molecule has 0 spiro atoms. The highest BCUT2D eigenvalue weighted by atomic mass is 35.5. The van der Waals surface area contributed by atoms with E-state index in [0.717, 1.165) is 31.5 Å². The van der Waals surface area contributed by atoms with Crippen LogP contribution in [0.4, 0.5) is 0 Å². The maximum atomic E-state index is 10.2. The van der Waals surface area contributed by atoms with E-state index >= 15 is 0 Å². The molecule has 0 fully saturated rings. The van der Waals surface area contributed by atoms with Gasteiger partial charge < -0.3 is 15.1 Å². The summed E-state index contributed by atoms with van der Waals surface area (Å²) < 4.78 is 0. The van der Waals surface area contributed by atoms with Crippen LogP contribution in [0.2, 0.25) is 5.02 Å². The normalized spacial score (nSPS) is 12.9. The first-order valence-electron chi connectivity index (χ1n) is 6.94. The minimum absolute atomic E-state index is 0.159. The van der Waals surface area contributed by atoms with E-state index in [4.69, 9.17) is 16.7 Å². The molecular weight excluding hydrogens is 262 g/mol. The van der Waals surface area contributed by atoms with Crippen LogP contribution >= 0.6 is 11.6 Å². The molecule has 0 bridgehead atoms. The van der Waals surface area contributed by atoms with Crippen LogP contribution in [0.5, 0.6) is 0 Å². The maximum absolute atomic E-state index is 10.2. The summed E-state index contributed by atoms with van der Waals surface area (Å²) >= 11 is 6.07. The molecule has 1 aromatic rings. The van der Waals surface area contributed by atoms with Gasteiger partial charge in [-0.3, -0.25) is 0 Å². The van der Waals surface area contributed by atoms with Crippen LogP contribution < -0.4 is 0 Å². The van der Waals surface area contributed by atoms with Gasteiger partial charge in [0.15, 0.2) is 0 Å². The quantitative estimate of drug-likeness (QED) is 0.733. The average Bonchev–Trinajstić information content (AvgIpc) is 2.42. The van der Waals surface area contributed by atoms with Gasteiger partial charge in [-0.2, -0.15) is 0 Å². The lowest BCUT2D eigenvalue weighted by atomic mass is 10.1. The van der Waals surface area contributed by atoms with Gasteiger partial charge in [-0.05, 0) is 31.0 Å². The fourth-order valence-electron chi connectivity index (χ4n) is 2.06. The fraction of sp³-hybridized carbons (Fsp3) is 0.600. The second-order valence-corrected chi connectivity index (χ2v) is 5.15. The zero-order valence-electron chi connectivity index (χ0n) is 11.6. The molecule has 0 amide bonds. The lowest BCUT2D eigenvalue weighted by Crippen LogP contribution is -2.30. The molecule has 1 unspecified atom stereocenters. The van der Waals surface area contributed by atoms with Gasteiger partial charge in [0.05, 0.1) is 12.7 Å². The molecule has 0 aliphatic heterocycles. The van der Waals surface area contributed by atoms with E-state index in [0.29, 0.717) is 18.0 Å². The molecule has 0 aliphatic rings. The van der Waals surface area contributed by atoms with Crippen molar-refractivity contribution in [2.75, 3.05) is 26.2 Å². The highest BCUT2D eigenvalue weighted by Crippen LogP contribution is 2.24. The van der Waals surface area contributed by atoms with Gasteiger partial charge in [-0.25, -0.2) is 0 Å². The zero-order valence-corrected chi connectivity index (χ0v) is 12.3. The number of benzene rings is 1. The highest BCUT2D eigenvalue weighted by molar-refractivity contribution is 6.31. The Labute approximate surface area is 120 Å². The van der Waals surface area contributed by atoms with Gasteiger partial charge in [0, 0.05) is 18.1 Å². The van der Waals surface area contributed by atoms with Gasteiger partial charge in [-0.1, -0.05) is 43.1 Å². The lowest BCUT2D eigenvalue weighted by molar-refractivity contribution is 0.130. The first kappa shape index (κ1) is 16.4. The average molecular weight is 286 g/mol. The summed E-state index contributed by atoms with van der Waals surface area (Å²) in [6, 6.07) is 7.39. The van der Waals surface area contributed by atoms with E-state index in [-0.39, 0.29) is 6.61 Å². The Kier molecular flexibility index (Phi) is 8.07. The molecule has 108 valence electrons. The molecule has 0 aliphatic carbocycles. The minimum atomic E-state index is -0.545. The number of unbranched alkanes of at least 4 members (excludes halogenated alkanes) is 1. The van der Waals surface area contributed by atoms with Crippen molar-refractivity contribution in [2.24, 2.45) is 0 Å². The maximum Gasteiger partial charge on any atom is 0.0816 e. The Hall–Kier alpha value is -0.610. The summed E-state index contributed by atoms with van der Waals surface area (Å²) in [6.07, 6.45) is 2.33. The van der Waals surface area contributed by atoms with Crippen LogP contribution in [0.25, 0.3) is 0 Å². The summed E-state index contributed by atoms with van der Waals surface area (Å²) in [5.74, 6) is 0. The predicted octanol–water partition coefficient (Wildman–Crippen LogP) is 2.86. The summed E-state index contributed by atoms with van der Waals surface area (Å²) in [5.41, 5.74) is 0.781. The van der Waals surface area contributed by atoms with E-state index in [2.05, 4.69) is 11.8 Å². The molecule has 19 heavy (non-hydrogen) atoms. The third-order valence-electron chi connectivity index (χ3n) is 3.23. The minimum Gasteiger partial charge on any atom is -0.395 e. The van der Waals surface area contributed by atoms with Crippen LogP contribution in [0, 0.1) is 0 Å². The number of halogens is 1. The first-order chi connectivity index (χ1) is 9.19. The number of hydrogen-bond donors (Lipinski definition) is 2. The van der Waals surface area contributed by atoms with Gasteiger partial charge >= 0.3 is 0 Å². The molecule has 0 saturated carbocycles. The molecule has 0 saturated heterocycles. The SMILES string of the molecule is CCCCN(CCO)CCC(O)c1ccccc1Cl. The fourth-order valence-corrected chi connectivity index (χ4v) is 2.33. The van der Waals surface area contributed by atoms with Crippen molar-refractivity contribution >= 4 is 11.6 Å². The zero-order chi connectivity index (χ0) is 14.1. The van der Waals surface area contributed by atoms with Crippen molar-refractivity contribution in [3.63, 3.8) is 0 Å². The first-order valence-corrected chi connectivity index (χ1v) is 7.32. The Morgan fingerprint density at radius 1 is 1.21 bits per heavy atom. The summed E-state index contributed by atoms with van der Waals surface area (Å²) in [6.45, 7) is 4.70. The van der Waals surface area contributed by atoms with Crippen LogP contribution in [-0.4, -0.2) is 41.4 Å². The van der Waals surface area contributed by atoms with E-state index in [9.17, 15) is 5.11 Å². The van der Waals surface area contributed by atoms with Crippen LogP contribution in [0.1, 0.15) is 37.9 Å². The van der Waals surface area contributed by atoms with Gasteiger partial charge in [0.2, 0.25) is 0 Å². The van der Waals surface area contributed by atoms with E-state index in [1.807, 2.05) is 18.2 Å². The van der Waals surface area contributed by atoms with Gasteiger partial charge in [0.1, 0.15) is 0 Å². The Bertz CT molecular complexity index is 360. The van der Waals surface area contributed by atoms with Crippen molar-refractivity contribution in [1.82, 2.24) is 4.90 Å². The van der Waals surface area contributed by atoms with E-state index in [1.165, 1.54) is 0 Å². The monoisotopic (exact) mass is 285 g/mol. The highest BCUT2D eigenvalue weighted by Gasteiger charge is 2.13. The largest absolute Gasteiger partial charge is 0.395 e. The summed E-state index contributed by atoms with van der Waals surface area (Å²) in [7, 11) is 0. The van der Waals surface area contributed by atoms with Gasteiger partial charge in [-0.15, -0.1) is 0 Å². The molecule has 0 radical (unpaired) electrons. The third-order valence-corrected chi connectivity index (χ3v) is 3.57. The van der Waals surface area contributed by atoms with Crippen LogP contribution in [0.3, 0.4) is 0 Å². The second kappa shape index (κ2) is 9.32. The van der Waals surface area contributed by atoms with Crippen molar-refractivity contribution in [3.8, 4) is 0 Å². The molecular formula is C15H24ClNO2. The van der Waals surface area contributed by atoms with Gasteiger partial charge in [0.25, 0.3) is 0 Å². The second-order valence-electron chi connectivity index (χ2n) is 4.74. The van der Waals surface area contributed by atoms with Crippen molar-refractivity contribution in [2.45, 2.75) is 32.3 Å². The number of rotatable bonds is 9. The Morgan fingerprint density at radius 2 is 1.95 bits per heavy atom. The molecule has 3 nitrogen and oxygen atoms in total. The van der Waals surface area contributed by atoms with Crippen molar-refractivity contribution in [1.29, 1.82) is 0 Å². The molecule has 2 N–H and O–H groups in total. The molecule has 1 atom stereocenters. The summed E-state index contributed by atoms with van der Waals surface area (Å²) in [4.78, 5) is 2.18. The molecule has 0 aromatic heterocycles. The number of aliphatic hydroxyl groups is 2.